The van der Waals surface area contributed by atoms with Gasteiger partial charge in [0.2, 0.25) is 5.91 Å². The van der Waals surface area contributed by atoms with Crippen molar-refractivity contribution in [2.75, 3.05) is 19.6 Å². The van der Waals surface area contributed by atoms with Gasteiger partial charge in [0.25, 0.3) is 0 Å². The molecule has 2 fully saturated rings. The zero-order chi connectivity index (χ0) is 14.5. The van der Waals surface area contributed by atoms with E-state index in [0.29, 0.717) is 18.4 Å². The van der Waals surface area contributed by atoms with E-state index in [0.717, 1.165) is 44.7 Å². The molecule has 3 N–H and O–H groups in total. The fourth-order valence-corrected chi connectivity index (χ4v) is 3.62. The molecule has 0 aromatic carbocycles. The Morgan fingerprint density at radius 1 is 1.25 bits per heavy atom. The zero-order valence-corrected chi connectivity index (χ0v) is 13.1. The SMILES string of the molecule is CC(C)CN1CCC(NC(=O)C[C@@H]2CCC[C@H]2N)CC1. The molecule has 2 aliphatic rings. The lowest BCUT2D eigenvalue weighted by molar-refractivity contribution is -0.123. The number of nitrogens with zero attached hydrogens (tertiary/aromatic N) is 1. The van der Waals surface area contributed by atoms with Crippen LogP contribution in [-0.4, -0.2) is 42.5 Å². The molecule has 1 aliphatic carbocycles. The van der Waals surface area contributed by atoms with E-state index >= 15 is 0 Å². The normalized spacial score (nSPS) is 29.0. The predicted molar refractivity (Wildman–Crippen MR) is 82.4 cm³/mol. The number of nitrogens with one attached hydrogen (secondary N) is 1. The molecule has 0 aromatic heterocycles. The Balaban J connectivity index is 1.66. The molecule has 1 aliphatic heterocycles. The second-order valence-corrected chi connectivity index (χ2v) is 7.10. The highest BCUT2D eigenvalue weighted by Gasteiger charge is 2.27. The standard InChI is InChI=1S/C16H31N3O/c1-12(2)11-19-8-6-14(7-9-19)18-16(20)10-13-4-3-5-15(13)17/h12-15H,3-11,17H2,1-2H3,(H,18,20)/t13-,15+/m0/s1. The van der Waals surface area contributed by atoms with Gasteiger partial charge in [0.15, 0.2) is 0 Å². The highest BCUT2D eigenvalue weighted by atomic mass is 16.1. The number of rotatable bonds is 5. The van der Waals surface area contributed by atoms with E-state index in [-0.39, 0.29) is 11.9 Å². The number of likely N-dealkylation sites (tertiary alicyclic amines) is 1. The average Bonchev–Trinajstić information content (AvgIpc) is 2.77. The van der Waals surface area contributed by atoms with Crippen LogP contribution < -0.4 is 11.1 Å². The van der Waals surface area contributed by atoms with Crippen molar-refractivity contribution in [1.29, 1.82) is 0 Å². The van der Waals surface area contributed by atoms with Gasteiger partial charge >= 0.3 is 0 Å². The number of amides is 1. The zero-order valence-electron chi connectivity index (χ0n) is 13.1. The molecule has 1 heterocycles. The molecule has 0 unspecified atom stereocenters. The third-order valence-corrected chi connectivity index (χ3v) is 4.74. The van der Waals surface area contributed by atoms with Crippen LogP contribution in [-0.2, 0) is 4.79 Å². The highest BCUT2D eigenvalue weighted by molar-refractivity contribution is 5.76. The molecule has 0 aromatic rings. The summed E-state index contributed by atoms with van der Waals surface area (Å²) in [5.74, 6) is 1.36. The van der Waals surface area contributed by atoms with Crippen LogP contribution in [0.4, 0.5) is 0 Å². The van der Waals surface area contributed by atoms with E-state index < -0.39 is 0 Å². The van der Waals surface area contributed by atoms with Crippen LogP contribution in [0.3, 0.4) is 0 Å². The van der Waals surface area contributed by atoms with E-state index in [1.165, 1.54) is 13.0 Å². The second kappa shape index (κ2) is 7.41. The van der Waals surface area contributed by atoms with E-state index in [4.69, 9.17) is 5.73 Å². The first kappa shape index (κ1) is 15.8. The van der Waals surface area contributed by atoms with Gasteiger partial charge in [-0.05, 0) is 37.5 Å². The highest BCUT2D eigenvalue weighted by Crippen LogP contribution is 2.26. The lowest BCUT2D eigenvalue weighted by atomic mass is 9.98. The molecule has 20 heavy (non-hydrogen) atoms. The molecule has 2 rings (SSSR count). The van der Waals surface area contributed by atoms with Gasteiger partial charge in [-0.2, -0.15) is 0 Å². The van der Waals surface area contributed by atoms with Gasteiger partial charge in [-0.15, -0.1) is 0 Å². The second-order valence-electron chi connectivity index (χ2n) is 7.10. The van der Waals surface area contributed by atoms with Gasteiger partial charge in [-0.25, -0.2) is 0 Å². The minimum atomic E-state index is 0.217. The topological polar surface area (TPSA) is 58.4 Å². The van der Waals surface area contributed by atoms with Crippen molar-refractivity contribution >= 4 is 5.91 Å². The van der Waals surface area contributed by atoms with E-state index in [1.54, 1.807) is 0 Å². The molecular weight excluding hydrogens is 250 g/mol. The van der Waals surface area contributed by atoms with Crippen molar-refractivity contribution in [2.24, 2.45) is 17.6 Å². The minimum absolute atomic E-state index is 0.217. The molecule has 116 valence electrons. The molecule has 1 amide bonds. The number of carbonyl (C=O) groups is 1. The van der Waals surface area contributed by atoms with Crippen LogP contribution in [0.2, 0.25) is 0 Å². The van der Waals surface area contributed by atoms with Gasteiger partial charge in [0, 0.05) is 38.1 Å². The first-order valence-electron chi connectivity index (χ1n) is 8.32. The van der Waals surface area contributed by atoms with Crippen molar-refractivity contribution in [2.45, 2.75) is 64.5 Å². The predicted octanol–water partition coefficient (Wildman–Crippen LogP) is 1.74. The number of carbonyl (C=O) groups excluding carboxylic acids is 1. The molecule has 0 bridgehead atoms. The molecule has 2 atom stereocenters. The minimum Gasteiger partial charge on any atom is -0.353 e. The van der Waals surface area contributed by atoms with Crippen LogP contribution in [0.1, 0.15) is 52.4 Å². The molecule has 4 nitrogen and oxygen atoms in total. The number of nitrogens with two attached hydrogens (primary N) is 1. The Hall–Kier alpha value is -0.610. The summed E-state index contributed by atoms with van der Waals surface area (Å²) >= 11 is 0. The summed E-state index contributed by atoms with van der Waals surface area (Å²) in [5, 5.41) is 3.22. The van der Waals surface area contributed by atoms with Crippen LogP contribution in [0, 0.1) is 11.8 Å². The van der Waals surface area contributed by atoms with Crippen LogP contribution in [0.25, 0.3) is 0 Å². The molecular formula is C16H31N3O. The Morgan fingerprint density at radius 3 is 2.50 bits per heavy atom. The van der Waals surface area contributed by atoms with E-state index in [9.17, 15) is 4.79 Å². The van der Waals surface area contributed by atoms with Crippen LogP contribution in [0.5, 0.6) is 0 Å². The van der Waals surface area contributed by atoms with Gasteiger partial charge in [0.05, 0.1) is 0 Å². The summed E-state index contributed by atoms with van der Waals surface area (Å²) in [4.78, 5) is 14.6. The lowest BCUT2D eigenvalue weighted by Gasteiger charge is -2.33. The molecule has 0 spiro atoms. The first-order valence-corrected chi connectivity index (χ1v) is 8.32. The fraction of sp³-hybridized carbons (Fsp3) is 0.938. The summed E-state index contributed by atoms with van der Waals surface area (Å²) in [6.45, 7) is 7.94. The first-order chi connectivity index (χ1) is 9.54. The Kier molecular flexibility index (Phi) is 5.85. The van der Waals surface area contributed by atoms with Crippen LogP contribution in [0.15, 0.2) is 0 Å². The smallest absolute Gasteiger partial charge is 0.220 e. The molecule has 1 saturated heterocycles. The molecule has 0 radical (unpaired) electrons. The Labute approximate surface area is 123 Å². The van der Waals surface area contributed by atoms with Crippen molar-refractivity contribution in [3.8, 4) is 0 Å². The third-order valence-electron chi connectivity index (χ3n) is 4.74. The van der Waals surface area contributed by atoms with Gasteiger partial charge in [-0.3, -0.25) is 4.79 Å². The van der Waals surface area contributed by atoms with E-state index in [1.807, 2.05) is 0 Å². The maximum absolute atomic E-state index is 12.1. The van der Waals surface area contributed by atoms with Crippen LogP contribution >= 0.6 is 0 Å². The van der Waals surface area contributed by atoms with Gasteiger partial charge < -0.3 is 16.0 Å². The van der Waals surface area contributed by atoms with Gasteiger partial charge in [-0.1, -0.05) is 20.3 Å². The summed E-state index contributed by atoms with van der Waals surface area (Å²) in [6, 6.07) is 0.622. The Bertz CT molecular complexity index is 311. The Morgan fingerprint density at radius 2 is 1.95 bits per heavy atom. The maximum atomic E-state index is 12.1. The molecule has 1 saturated carbocycles. The van der Waals surface area contributed by atoms with Crippen molar-refractivity contribution in [3.63, 3.8) is 0 Å². The number of hydrogen-bond acceptors (Lipinski definition) is 3. The summed E-state index contributed by atoms with van der Waals surface area (Å²) in [5.41, 5.74) is 6.04. The fourth-order valence-electron chi connectivity index (χ4n) is 3.62. The maximum Gasteiger partial charge on any atom is 0.220 e. The van der Waals surface area contributed by atoms with Crippen molar-refractivity contribution < 1.29 is 4.79 Å². The van der Waals surface area contributed by atoms with Crippen molar-refractivity contribution in [3.05, 3.63) is 0 Å². The summed E-state index contributed by atoms with van der Waals surface area (Å²) in [7, 11) is 0. The largest absolute Gasteiger partial charge is 0.353 e. The summed E-state index contributed by atoms with van der Waals surface area (Å²) < 4.78 is 0. The summed E-state index contributed by atoms with van der Waals surface area (Å²) in [6.07, 6.45) is 6.22. The average molecular weight is 281 g/mol. The third kappa shape index (κ3) is 4.74. The van der Waals surface area contributed by atoms with E-state index in [2.05, 4.69) is 24.1 Å². The molecule has 4 heteroatoms. The number of piperidine rings is 1. The quantitative estimate of drug-likeness (QED) is 0.807. The lowest BCUT2D eigenvalue weighted by Crippen LogP contribution is -2.46. The van der Waals surface area contributed by atoms with Crippen molar-refractivity contribution in [1.82, 2.24) is 10.2 Å². The van der Waals surface area contributed by atoms with Gasteiger partial charge in [0.1, 0.15) is 0 Å². The monoisotopic (exact) mass is 281 g/mol. The number of hydrogen-bond donors (Lipinski definition) is 2.